The molecular formula is C13H23N3O2. The first-order chi connectivity index (χ1) is 8.31. The summed E-state index contributed by atoms with van der Waals surface area (Å²) in [6, 6.07) is -0.185. The van der Waals surface area contributed by atoms with Crippen molar-refractivity contribution in [2.75, 3.05) is 7.11 Å². The Morgan fingerprint density at radius 3 is 2.61 bits per heavy atom. The molecular weight excluding hydrogens is 230 g/mol. The Bertz CT molecular complexity index is 397. The zero-order chi connectivity index (χ0) is 13.9. The van der Waals surface area contributed by atoms with E-state index >= 15 is 0 Å². The fourth-order valence-electron chi connectivity index (χ4n) is 1.64. The molecule has 0 bridgehead atoms. The van der Waals surface area contributed by atoms with Crippen molar-refractivity contribution in [1.82, 2.24) is 9.78 Å². The number of carbonyl (C=O) groups is 1. The highest BCUT2D eigenvalue weighted by Crippen LogP contribution is 2.24. The van der Waals surface area contributed by atoms with E-state index < -0.39 is 0 Å². The Balaban J connectivity index is 2.93. The lowest BCUT2D eigenvalue weighted by Gasteiger charge is -2.26. The Morgan fingerprint density at radius 2 is 2.17 bits per heavy atom. The number of nitrogens with two attached hydrogens (primary N) is 1. The summed E-state index contributed by atoms with van der Waals surface area (Å²) in [5, 5.41) is 4.13. The molecule has 0 saturated carbocycles. The van der Waals surface area contributed by atoms with Gasteiger partial charge in [-0.2, -0.15) is 5.10 Å². The third-order valence-corrected chi connectivity index (χ3v) is 3.11. The normalized spacial score (nSPS) is 13.4. The molecule has 0 saturated heterocycles. The molecule has 0 amide bonds. The number of ketones is 1. The molecule has 0 aromatic carbocycles. The summed E-state index contributed by atoms with van der Waals surface area (Å²) >= 11 is 0. The standard InChI is InChI=1S/C13H23N3O2/c1-6-16-12(10(18-5)8-15-16)9(17)7-11(14)13(2,3)4/h8,11H,6-7,14H2,1-5H3. The largest absolute Gasteiger partial charge is 0.493 e. The highest BCUT2D eigenvalue weighted by molar-refractivity contribution is 5.97. The number of hydrogen-bond acceptors (Lipinski definition) is 4. The monoisotopic (exact) mass is 253 g/mol. The summed E-state index contributed by atoms with van der Waals surface area (Å²) in [7, 11) is 1.54. The maximum absolute atomic E-state index is 12.3. The van der Waals surface area contributed by atoms with Gasteiger partial charge in [-0.1, -0.05) is 20.8 Å². The van der Waals surface area contributed by atoms with Gasteiger partial charge in [0.1, 0.15) is 5.69 Å². The molecule has 0 fully saturated rings. The number of methoxy groups -OCH3 is 1. The summed E-state index contributed by atoms with van der Waals surface area (Å²) in [6.07, 6.45) is 1.87. The van der Waals surface area contributed by atoms with Crippen LogP contribution >= 0.6 is 0 Å². The minimum absolute atomic E-state index is 0.0198. The van der Waals surface area contributed by atoms with Crippen molar-refractivity contribution in [3.63, 3.8) is 0 Å². The first-order valence-corrected chi connectivity index (χ1v) is 6.19. The lowest BCUT2D eigenvalue weighted by atomic mass is 9.84. The van der Waals surface area contributed by atoms with Crippen molar-refractivity contribution in [3.8, 4) is 5.75 Å². The van der Waals surface area contributed by atoms with Crippen LogP contribution in [0.1, 0.15) is 44.6 Å². The number of hydrogen-bond donors (Lipinski definition) is 1. The maximum Gasteiger partial charge on any atom is 0.186 e. The van der Waals surface area contributed by atoms with Crippen LogP contribution in [0.4, 0.5) is 0 Å². The van der Waals surface area contributed by atoms with E-state index in [0.29, 0.717) is 24.4 Å². The van der Waals surface area contributed by atoms with Gasteiger partial charge in [0.25, 0.3) is 0 Å². The van der Waals surface area contributed by atoms with Gasteiger partial charge in [0.05, 0.1) is 13.3 Å². The van der Waals surface area contributed by atoms with Crippen molar-refractivity contribution in [2.45, 2.75) is 46.7 Å². The molecule has 5 nitrogen and oxygen atoms in total. The lowest BCUT2D eigenvalue weighted by molar-refractivity contribution is 0.0939. The predicted octanol–water partition coefficient (Wildman–Crippen LogP) is 1.86. The van der Waals surface area contributed by atoms with Crippen LogP contribution in [0.2, 0.25) is 0 Å². The van der Waals surface area contributed by atoms with Crippen LogP contribution in [0.3, 0.4) is 0 Å². The fraction of sp³-hybridized carbons (Fsp3) is 0.692. The maximum atomic E-state index is 12.3. The van der Waals surface area contributed by atoms with Crippen LogP contribution in [-0.4, -0.2) is 28.7 Å². The minimum Gasteiger partial charge on any atom is -0.493 e. The quantitative estimate of drug-likeness (QED) is 0.813. The molecule has 0 radical (unpaired) electrons. The molecule has 0 aliphatic carbocycles. The molecule has 0 spiro atoms. The third kappa shape index (κ3) is 3.10. The summed E-state index contributed by atoms with van der Waals surface area (Å²) in [6.45, 7) is 8.65. The molecule has 1 aromatic rings. The first kappa shape index (κ1) is 14.7. The smallest absolute Gasteiger partial charge is 0.186 e. The average molecular weight is 253 g/mol. The number of rotatable bonds is 5. The Hall–Kier alpha value is -1.36. The summed E-state index contributed by atoms with van der Waals surface area (Å²) < 4.78 is 6.82. The van der Waals surface area contributed by atoms with Crippen molar-refractivity contribution in [3.05, 3.63) is 11.9 Å². The Kier molecular flexibility index (Phi) is 4.51. The zero-order valence-corrected chi connectivity index (χ0v) is 11.9. The average Bonchev–Trinajstić information content (AvgIpc) is 2.70. The van der Waals surface area contributed by atoms with E-state index in [4.69, 9.17) is 10.5 Å². The van der Waals surface area contributed by atoms with Crippen molar-refractivity contribution >= 4 is 5.78 Å². The molecule has 1 unspecified atom stereocenters. The SMILES string of the molecule is CCn1ncc(OC)c1C(=O)CC(N)C(C)(C)C. The Labute approximate surface area is 108 Å². The van der Waals surface area contributed by atoms with Crippen molar-refractivity contribution in [1.29, 1.82) is 0 Å². The van der Waals surface area contributed by atoms with Gasteiger partial charge >= 0.3 is 0 Å². The van der Waals surface area contributed by atoms with Gasteiger partial charge in [-0.25, -0.2) is 0 Å². The summed E-state index contributed by atoms with van der Waals surface area (Å²) in [5.41, 5.74) is 6.47. The highest BCUT2D eigenvalue weighted by atomic mass is 16.5. The van der Waals surface area contributed by atoms with Gasteiger partial charge in [-0.3, -0.25) is 9.48 Å². The molecule has 2 N–H and O–H groups in total. The van der Waals surface area contributed by atoms with E-state index in [1.165, 1.54) is 7.11 Å². The molecule has 0 aliphatic rings. The molecule has 102 valence electrons. The van der Waals surface area contributed by atoms with Gasteiger partial charge in [0, 0.05) is 19.0 Å². The number of Topliss-reactive ketones (excluding diaryl/α,β-unsaturated/α-hetero) is 1. The van der Waals surface area contributed by atoms with Gasteiger partial charge in [0.15, 0.2) is 11.5 Å². The third-order valence-electron chi connectivity index (χ3n) is 3.11. The van der Waals surface area contributed by atoms with Crippen molar-refractivity contribution in [2.24, 2.45) is 11.1 Å². The molecule has 1 atom stereocenters. The molecule has 1 aromatic heterocycles. The molecule has 18 heavy (non-hydrogen) atoms. The van der Waals surface area contributed by atoms with Crippen LogP contribution in [0.5, 0.6) is 5.75 Å². The van der Waals surface area contributed by atoms with Crippen LogP contribution in [0, 0.1) is 5.41 Å². The summed E-state index contributed by atoms with van der Waals surface area (Å²) in [4.78, 5) is 12.3. The number of carbonyl (C=O) groups excluding carboxylic acids is 1. The Morgan fingerprint density at radius 1 is 1.56 bits per heavy atom. The molecule has 1 heterocycles. The number of aryl methyl sites for hydroxylation is 1. The van der Waals surface area contributed by atoms with E-state index in [9.17, 15) is 4.79 Å². The second-order valence-electron chi connectivity index (χ2n) is 5.48. The number of nitrogens with zero attached hydrogens (tertiary/aromatic N) is 2. The van der Waals surface area contributed by atoms with E-state index in [0.717, 1.165) is 0 Å². The first-order valence-electron chi connectivity index (χ1n) is 6.19. The van der Waals surface area contributed by atoms with Crippen LogP contribution in [0.15, 0.2) is 6.20 Å². The second-order valence-corrected chi connectivity index (χ2v) is 5.48. The fourth-order valence-corrected chi connectivity index (χ4v) is 1.64. The topological polar surface area (TPSA) is 70.1 Å². The molecule has 5 heteroatoms. The number of aromatic nitrogens is 2. The van der Waals surface area contributed by atoms with E-state index in [-0.39, 0.29) is 17.2 Å². The van der Waals surface area contributed by atoms with Gasteiger partial charge in [-0.15, -0.1) is 0 Å². The zero-order valence-electron chi connectivity index (χ0n) is 11.9. The van der Waals surface area contributed by atoms with Gasteiger partial charge in [0.2, 0.25) is 0 Å². The molecule has 0 aliphatic heterocycles. The molecule has 1 rings (SSSR count). The number of ether oxygens (including phenoxy) is 1. The lowest BCUT2D eigenvalue weighted by Crippen LogP contribution is -2.37. The van der Waals surface area contributed by atoms with E-state index in [1.54, 1.807) is 10.9 Å². The van der Waals surface area contributed by atoms with Crippen molar-refractivity contribution < 1.29 is 9.53 Å². The highest BCUT2D eigenvalue weighted by Gasteiger charge is 2.27. The summed E-state index contributed by atoms with van der Waals surface area (Å²) in [5.74, 6) is 0.497. The van der Waals surface area contributed by atoms with E-state index in [2.05, 4.69) is 5.10 Å². The van der Waals surface area contributed by atoms with Crippen LogP contribution in [0.25, 0.3) is 0 Å². The van der Waals surface area contributed by atoms with Gasteiger partial charge in [-0.05, 0) is 12.3 Å². The second kappa shape index (κ2) is 5.52. The van der Waals surface area contributed by atoms with E-state index in [1.807, 2.05) is 27.7 Å². The minimum atomic E-state index is -0.185. The predicted molar refractivity (Wildman–Crippen MR) is 70.8 cm³/mol. The van der Waals surface area contributed by atoms with Crippen LogP contribution < -0.4 is 10.5 Å². The van der Waals surface area contributed by atoms with Crippen LogP contribution in [-0.2, 0) is 6.54 Å². The van der Waals surface area contributed by atoms with Gasteiger partial charge < -0.3 is 10.5 Å².